The Labute approximate surface area is 118 Å². The van der Waals surface area contributed by atoms with Gasteiger partial charge in [0.2, 0.25) is 5.91 Å². The number of nitrogens with zero attached hydrogens (tertiary/aromatic N) is 2. The number of carbonyl (C=O) groups excluding carboxylic acids is 1. The Hall–Kier alpha value is -0.650. The van der Waals surface area contributed by atoms with Gasteiger partial charge in [-0.25, -0.2) is 4.98 Å². The Morgan fingerprint density at radius 1 is 1.67 bits per heavy atom. The minimum Gasteiger partial charge on any atom is -0.341 e. The quantitative estimate of drug-likeness (QED) is 0.897. The van der Waals surface area contributed by atoms with Crippen LogP contribution in [0.25, 0.3) is 0 Å². The molecule has 6 heteroatoms. The van der Waals surface area contributed by atoms with Crippen LogP contribution < -0.4 is 5.32 Å². The van der Waals surface area contributed by atoms with Gasteiger partial charge in [-0.3, -0.25) is 4.79 Å². The lowest BCUT2D eigenvalue weighted by Gasteiger charge is -2.23. The molecular formula is C12H20ClN3OS. The van der Waals surface area contributed by atoms with E-state index in [0.717, 1.165) is 43.9 Å². The van der Waals surface area contributed by atoms with E-state index in [2.05, 4.69) is 10.3 Å². The van der Waals surface area contributed by atoms with Crippen molar-refractivity contribution in [3.8, 4) is 0 Å². The molecular weight excluding hydrogens is 270 g/mol. The summed E-state index contributed by atoms with van der Waals surface area (Å²) in [4.78, 5) is 18.4. The Morgan fingerprint density at radius 3 is 3.06 bits per heavy atom. The first-order valence-corrected chi connectivity index (χ1v) is 7.09. The van der Waals surface area contributed by atoms with Crippen molar-refractivity contribution >= 4 is 29.7 Å². The number of amides is 1. The molecule has 0 bridgehead atoms. The molecule has 102 valence electrons. The molecule has 1 aromatic rings. The minimum atomic E-state index is 0. The topological polar surface area (TPSA) is 45.2 Å². The highest BCUT2D eigenvalue weighted by Crippen LogP contribution is 2.10. The van der Waals surface area contributed by atoms with Crippen LogP contribution in [-0.4, -0.2) is 41.5 Å². The molecule has 1 amide bonds. The second-order valence-electron chi connectivity index (χ2n) is 4.24. The van der Waals surface area contributed by atoms with Gasteiger partial charge in [0.15, 0.2) is 0 Å². The molecule has 2 rings (SSSR count). The van der Waals surface area contributed by atoms with Crippen LogP contribution in [0.15, 0.2) is 11.6 Å². The first-order valence-electron chi connectivity index (χ1n) is 6.21. The number of carbonyl (C=O) groups is 1. The zero-order chi connectivity index (χ0) is 12.1. The van der Waals surface area contributed by atoms with Gasteiger partial charge in [0.05, 0.1) is 11.0 Å². The van der Waals surface area contributed by atoms with Gasteiger partial charge in [0, 0.05) is 31.1 Å². The SMILES string of the molecule is CCN(CCc1nccs1)C(=O)C1CCCN1.Cl. The summed E-state index contributed by atoms with van der Waals surface area (Å²) in [6, 6.07) is 0.0474. The van der Waals surface area contributed by atoms with Gasteiger partial charge in [0.25, 0.3) is 0 Å². The zero-order valence-electron chi connectivity index (χ0n) is 10.6. The summed E-state index contributed by atoms with van der Waals surface area (Å²) in [5, 5.41) is 6.35. The van der Waals surface area contributed by atoms with E-state index >= 15 is 0 Å². The predicted octanol–water partition coefficient (Wildman–Crippen LogP) is 1.71. The molecule has 2 heterocycles. The fourth-order valence-electron chi connectivity index (χ4n) is 2.15. The number of hydrogen-bond donors (Lipinski definition) is 1. The van der Waals surface area contributed by atoms with E-state index in [0.29, 0.717) is 0 Å². The molecule has 1 aliphatic heterocycles. The van der Waals surface area contributed by atoms with Gasteiger partial charge in [0.1, 0.15) is 0 Å². The molecule has 0 spiro atoms. The second kappa shape index (κ2) is 7.71. The van der Waals surface area contributed by atoms with Crippen LogP contribution in [0.1, 0.15) is 24.8 Å². The van der Waals surface area contributed by atoms with Crippen molar-refractivity contribution in [3.63, 3.8) is 0 Å². The molecule has 1 N–H and O–H groups in total. The highest BCUT2D eigenvalue weighted by atomic mass is 35.5. The fourth-order valence-corrected chi connectivity index (χ4v) is 2.76. The molecule has 1 unspecified atom stereocenters. The molecule has 1 saturated heterocycles. The van der Waals surface area contributed by atoms with Gasteiger partial charge < -0.3 is 10.2 Å². The number of likely N-dealkylation sites (N-methyl/N-ethyl adjacent to an activating group) is 1. The maximum absolute atomic E-state index is 12.2. The van der Waals surface area contributed by atoms with Crippen LogP contribution in [0.4, 0.5) is 0 Å². The molecule has 4 nitrogen and oxygen atoms in total. The van der Waals surface area contributed by atoms with E-state index in [9.17, 15) is 4.79 Å². The first-order chi connectivity index (χ1) is 8.31. The van der Waals surface area contributed by atoms with E-state index in [1.165, 1.54) is 0 Å². The maximum atomic E-state index is 12.2. The molecule has 1 aromatic heterocycles. The first kappa shape index (κ1) is 15.4. The maximum Gasteiger partial charge on any atom is 0.239 e. The van der Waals surface area contributed by atoms with Crippen molar-refractivity contribution in [2.45, 2.75) is 32.2 Å². The van der Waals surface area contributed by atoms with Gasteiger partial charge in [-0.1, -0.05) is 0 Å². The molecule has 1 atom stereocenters. The van der Waals surface area contributed by atoms with Crippen LogP contribution in [0.2, 0.25) is 0 Å². The zero-order valence-corrected chi connectivity index (χ0v) is 12.2. The van der Waals surface area contributed by atoms with E-state index in [4.69, 9.17) is 0 Å². The van der Waals surface area contributed by atoms with Crippen molar-refractivity contribution in [2.75, 3.05) is 19.6 Å². The van der Waals surface area contributed by atoms with Crippen LogP contribution in [0.3, 0.4) is 0 Å². The van der Waals surface area contributed by atoms with Crippen molar-refractivity contribution in [2.24, 2.45) is 0 Å². The second-order valence-corrected chi connectivity index (χ2v) is 5.22. The van der Waals surface area contributed by atoms with Gasteiger partial charge in [-0.15, -0.1) is 23.7 Å². The lowest BCUT2D eigenvalue weighted by atomic mass is 10.2. The lowest BCUT2D eigenvalue weighted by molar-refractivity contribution is -0.132. The molecule has 1 fully saturated rings. The number of thiazole rings is 1. The van der Waals surface area contributed by atoms with E-state index in [1.54, 1.807) is 11.3 Å². The monoisotopic (exact) mass is 289 g/mol. The molecule has 0 radical (unpaired) electrons. The number of aromatic nitrogens is 1. The van der Waals surface area contributed by atoms with Crippen LogP contribution in [0, 0.1) is 0 Å². The average Bonchev–Trinajstić information content (AvgIpc) is 3.02. The predicted molar refractivity (Wildman–Crippen MR) is 76.3 cm³/mol. The van der Waals surface area contributed by atoms with Crippen LogP contribution >= 0.6 is 23.7 Å². The molecule has 18 heavy (non-hydrogen) atoms. The largest absolute Gasteiger partial charge is 0.341 e. The fraction of sp³-hybridized carbons (Fsp3) is 0.667. The number of nitrogens with one attached hydrogen (secondary N) is 1. The van der Waals surface area contributed by atoms with Gasteiger partial charge in [-0.05, 0) is 26.3 Å². The van der Waals surface area contributed by atoms with Crippen molar-refractivity contribution in [1.82, 2.24) is 15.2 Å². The van der Waals surface area contributed by atoms with Crippen LogP contribution in [0.5, 0.6) is 0 Å². The van der Waals surface area contributed by atoms with Crippen molar-refractivity contribution < 1.29 is 4.79 Å². The number of hydrogen-bond acceptors (Lipinski definition) is 4. The number of rotatable bonds is 5. The summed E-state index contributed by atoms with van der Waals surface area (Å²) in [6.45, 7) is 4.57. The lowest BCUT2D eigenvalue weighted by Crippen LogP contribution is -2.44. The normalized spacial score (nSPS) is 18.4. The Morgan fingerprint density at radius 2 is 2.50 bits per heavy atom. The summed E-state index contributed by atoms with van der Waals surface area (Å²) in [7, 11) is 0. The summed E-state index contributed by atoms with van der Waals surface area (Å²) in [5.74, 6) is 0.251. The number of halogens is 1. The van der Waals surface area contributed by atoms with Crippen molar-refractivity contribution in [1.29, 1.82) is 0 Å². The Bertz CT molecular complexity index is 352. The standard InChI is InChI=1S/C12H19N3OS.ClH/c1-2-15(8-5-11-14-7-9-17-11)12(16)10-4-3-6-13-10;/h7,9-10,13H,2-6,8H2,1H3;1H. The van der Waals surface area contributed by atoms with Crippen molar-refractivity contribution in [3.05, 3.63) is 16.6 Å². The highest BCUT2D eigenvalue weighted by molar-refractivity contribution is 7.09. The minimum absolute atomic E-state index is 0. The molecule has 1 aliphatic rings. The average molecular weight is 290 g/mol. The third-order valence-electron chi connectivity index (χ3n) is 3.13. The summed E-state index contributed by atoms with van der Waals surface area (Å²) >= 11 is 1.65. The Kier molecular flexibility index (Phi) is 6.60. The smallest absolute Gasteiger partial charge is 0.239 e. The third-order valence-corrected chi connectivity index (χ3v) is 3.97. The van der Waals surface area contributed by atoms with Gasteiger partial charge in [-0.2, -0.15) is 0 Å². The molecule has 0 aromatic carbocycles. The Balaban J connectivity index is 0.00000162. The highest BCUT2D eigenvalue weighted by Gasteiger charge is 2.25. The molecule has 0 aliphatic carbocycles. The van der Waals surface area contributed by atoms with E-state index in [-0.39, 0.29) is 24.4 Å². The summed E-state index contributed by atoms with van der Waals surface area (Å²) < 4.78 is 0. The van der Waals surface area contributed by atoms with E-state index < -0.39 is 0 Å². The third kappa shape index (κ3) is 3.93. The van der Waals surface area contributed by atoms with Gasteiger partial charge >= 0.3 is 0 Å². The summed E-state index contributed by atoms with van der Waals surface area (Å²) in [6.07, 6.45) is 4.77. The molecule has 0 saturated carbocycles. The van der Waals surface area contributed by atoms with E-state index in [1.807, 2.05) is 23.4 Å². The van der Waals surface area contributed by atoms with Crippen LogP contribution in [-0.2, 0) is 11.2 Å². The summed E-state index contributed by atoms with van der Waals surface area (Å²) in [5.41, 5.74) is 0.